The molecule has 0 radical (unpaired) electrons. The van der Waals surface area contributed by atoms with Crippen molar-refractivity contribution in [1.29, 1.82) is 0 Å². The van der Waals surface area contributed by atoms with E-state index in [0.29, 0.717) is 42.3 Å². The molecule has 1 atom stereocenters. The van der Waals surface area contributed by atoms with Crippen LogP contribution in [0.2, 0.25) is 0 Å². The lowest BCUT2D eigenvalue weighted by atomic mass is 9.80. The molecule has 1 unspecified atom stereocenters. The highest BCUT2D eigenvalue weighted by atomic mass is 16.4. The zero-order chi connectivity index (χ0) is 25.0. The Balaban J connectivity index is 1.11. The number of fused-ring (bicyclic) bond motifs is 1. The first-order valence-electron chi connectivity index (χ1n) is 11.7. The van der Waals surface area contributed by atoms with E-state index in [-0.39, 0.29) is 48.3 Å². The summed E-state index contributed by atoms with van der Waals surface area (Å²) in [6, 6.07) is 4.49. The van der Waals surface area contributed by atoms with Gasteiger partial charge in [-0.2, -0.15) is 0 Å². The normalized spacial score (nSPS) is 23.3. The summed E-state index contributed by atoms with van der Waals surface area (Å²) in [6.45, 7) is 1.99. The fourth-order valence-corrected chi connectivity index (χ4v) is 4.87. The van der Waals surface area contributed by atoms with Crippen LogP contribution in [-0.4, -0.2) is 65.8 Å². The van der Waals surface area contributed by atoms with Crippen LogP contribution in [0, 0.1) is 6.92 Å². The number of benzene rings is 1. The third-order valence-electron chi connectivity index (χ3n) is 6.86. The molecule has 1 aromatic carbocycles. The van der Waals surface area contributed by atoms with Gasteiger partial charge in [0.15, 0.2) is 5.69 Å². The average molecular weight is 490 g/mol. The number of nitrogens with zero attached hydrogens (tertiary/aromatic N) is 6. The molecule has 4 heterocycles. The number of amides is 4. The van der Waals surface area contributed by atoms with E-state index in [9.17, 15) is 19.2 Å². The van der Waals surface area contributed by atoms with Gasteiger partial charge >= 0.3 is 0 Å². The van der Waals surface area contributed by atoms with Crippen LogP contribution in [0.25, 0.3) is 5.69 Å². The number of carbonyl (C=O) groups excluding carboxylic acids is 4. The van der Waals surface area contributed by atoms with Crippen molar-refractivity contribution in [2.24, 2.45) is 0 Å². The predicted molar refractivity (Wildman–Crippen MR) is 120 cm³/mol. The van der Waals surface area contributed by atoms with Gasteiger partial charge in [-0.05, 0) is 43.0 Å². The van der Waals surface area contributed by atoms with E-state index in [1.54, 1.807) is 25.1 Å². The highest BCUT2D eigenvalue weighted by molar-refractivity contribution is 6.05. The van der Waals surface area contributed by atoms with Crippen molar-refractivity contribution in [2.75, 3.05) is 0 Å². The molecule has 13 heteroatoms. The Hall–Kier alpha value is -4.42. The highest BCUT2D eigenvalue weighted by Crippen LogP contribution is 2.36. The van der Waals surface area contributed by atoms with E-state index in [2.05, 4.69) is 31.1 Å². The van der Waals surface area contributed by atoms with E-state index >= 15 is 0 Å². The molecule has 184 valence electrons. The van der Waals surface area contributed by atoms with Crippen LogP contribution in [0.1, 0.15) is 69.8 Å². The average Bonchev–Trinajstić information content (AvgIpc) is 3.55. The smallest absolute Gasteiger partial charge is 0.273 e. The summed E-state index contributed by atoms with van der Waals surface area (Å²) in [6.07, 6.45) is 3.45. The van der Waals surface area contributed by atoms with Crippen molar-refractivity contribution in [3.05, 3.63) is 53.0 Å². The van der Waals surface area contributed by atoms with Gasteiger partial charge < -0.3 is 14.6 Å². The Morgan fingerprint density at radius 3 is 2.75 bits per heavy atom. The monoisotopic (exact) mass is 490 g/mol. The van der Waals surface area contributed by atoms with Crippen LogP contribution in [0.5, 0.6) is 0 Å². The van der Waals surface area contributed by atoms with Gasteiger partial charge in [0.05, 0.1) is 11.9 Å². The second kappa shape index (κ2) is 8.36. The summed E-state index contributed by atoms with van der Waals surface area (Å²) in [5.74, 6) is -0.103. The molecule has 0 bridgehead atoms. The lowest BCUT2D eigenvalue weighted by Gasteiger charge is -2.33. The van der Waals surface area contributed by atoms with Crippen molar-refractivity contribution in [3.8, 4) is 5.69 Å². The van der Waals surface area contributed by atoms with E-state index in [0.717, 1.165) is 5.56 Å². The number of aromatic nitrogens is 5. The fraction of sp³-hybridized carbons (Fsp3) is 0.391. The van der Waals surface area contributed by atoms with Gasteiger partial charge in [-0.3, -0.25) is 24.5 Å². The lowest BCUT2D eigenvalue weighted by Crippen LogP contribution is -2.52. The maximum Gasteiger partial charge on any atom is 0.273 e. The van der Waals surface area contributed by atoms with E-state index in [4.69, 9.17) is 4.42 Å². The zero-order valence-electron chi connectivity index (χ0n) is 19.3. The number of piperidine rings is 1. The van der Waals surface area contributed by atoms with E-state index in [1.165, 1.54) is 15.8 Å². The predicted octanol–water partition coefficient (Wildman–Crippen LogP) is 0.396. The molecule has 2 fully saturated rings. The number of carbonyl (C=O) groups is 4. The minimum atomic E-state index is -0.678. The maximum atomic E-state index is 12.9. The first kappa shape index (κ1) is 22.1. The molecule has 2 aliphatic heterocycles. The topological polar surface area (TPSA) is 165 Å². The summed E-state index contributed by atoms with van der Waals surface area (Å²) in [5.41, 5.74) is 2.04. The molecule has 6 rings (SSSR count). The first-order valence-corrected chi connectivity index (χ1v) is 11.7. The number of hydrogen-bond donors (Lipinski definition) is 2. The minimum Gasteiger partial charge on any atom is -0.425 e. The number of nitrogens with one attached hydrogen (secondary N) is 2. The van der Waals surface area contributed by atoms with Crippen molar-refractivity contribution in [1.82, 2.24) is 40.7 Å². The molecule has 1 aliphatic carbocycles. The zero-order valence-corrected chi connectivity index (χ0v) is 19.3. The number of aryl methyl sites for hydroxylation is 1. The van der Waals surface area contributed by atoms with Crippen LogP contribution in [-0.2, 0) is 16.1 Å². The standard InChI is InChI=1S/C23H22N8O5/c1-11-26-28-22(36-11)12-6-14(7-12)24-20(33)17-10-31(29-27-17)15-2-3-16-13(8-15)9-30(23(16)35)18-4-5-19(32)25-21(18)34/h2-3,8,10,12,14,18H,4-7,9H2,1H3,(H,24,33)(H,25,32,34). The molecular weight excluding hydrogens is 468 g/mol. The van der Waals surface area contributed by atoms with Gasteiger partial charge in [0.2, 0.25) is 23.6 Å². The van der Waals surface area contributed by atoms with Crippen LogP contribution in [0.4, 0.5) is 0 Å². The van der Waals surface area contributed by atoms with Crippen LogP contribution in [0.3, 0.4) is 0 Å². The van der Waals surface area contributed by atoms with E-state index < -0.39 is 11.9 Å². The van der Waals surface area contributed by atoms with Crippen molar-refractivity contribution in [3.63, 3.8) is 0 Å². The first-order chi connectivity index (χ1) is 17.4. The summed E-state index contributed by atoms with van der Waals surface area (Å²) in [7, 11) is 0. The number of imide groups is 1. The quantitative estimate of drug-likeness (QED) is 0.481. The molecule has 0 spiro atoms. The highest BCUT2D eigenvalue weighted by Gasteiger charge is 2.39. The third kappa shape index (κ3) is 3.82. The van der Waals surface area contributed by atoms with Crippen LogP contribution >= 0.6 is 0 Å². The van der Waals surface area contributed by atoms with Gasteiger partial charge in [0.1, 0.15) is 6.04 Å². The molecule has 2 N–H and O–H groups in total. The third-order valence-corrected chi connectivity index (χ3v) is 6.86. The molecule has 3 aromatic rings. The molecule has 1 saturated heterocycles. The summed E-state index contributed by atoms with van der Waals surface area (Å²) < 4.78 is 6.92. The molecule has 36 heavy (non-hydrogen) atoms. The number of rotatable bonds is 5. The Labute approximate surface area is 204 Å². The molecule has 13 nitrogen and oxygen atoms in total. The Bertz CT molecular complexity index is 1400. The van der Waals surface area contributed by atoms with Gasteiger partial charge in [-0.1, -0.05) is 5.21 Å². The molecule has 3 aliphatic rings. The largest absolute Gasteiger partial charge is 0.425 e. The van der Waals surface area contributed by atoms with Crippen LogP contribution < -0.4 is 10.6 Å². The second-order valence-electron chi connectivity index (χ2n) is 9.29. The van der Waals surface area contributed by atoms with Gasteiger partial charge in [0.25, 0.3) is 11.8 Å². The molecule has 1 saturated carbocycles. The Morgan fingerprint density at radius 2 is 2.00 bits per heavy atom. The van der Waals surface area contributed by atoms with E-state index in [1.807, 2.05) is 0 Å². The molecule has 2 aromatic heterocycles. The Morgan fingerprint density at radius 1 is 1.17 bits per heavy atom. The van der Waals surface area contributed by atoms with Crippen molar-refractivity contribution in [2.45, 2.75) is 57.2 Å². The van der Waals surface area contributed by atoms with Crippen LogP contribution in [0.15, 0.2) is 28.8 Å². The summed E-state index contributed by atoms with van der Waals surface area (Å²) >= 11 is 0. The van der Waals surface area contributed by atoms with Gasteiger partial charge in [-0.15, -0.1) is 15.3 Å². The summed E-state index contributed by atoms with van der Waals surface area (Å²) in [5, 5.41) is 21.2. The maximum absolute atomic E-state index is 12.9. The molecule has 4 amide bonds. The van der Waals surface area contributed by atoms with Crippen molar-refractivity contribution < 1.29 is 23.6 Å². The Kier molecular flexibility index (Phi) is 5.12. The second-order valence-corrected chi connectivity index (χ2v) is 9.29. The fourth-order valence-electron chi connectivity index (χ4n) is 4.87. The van der Waals surface area contributed by atoms with Gasteiger partial charge in [0, 0.05) is 37.4 Å². The minimum absolute atomic E-state index is 0.0101. The summed E-state index contributed by atoms with van der Waals surface area (Å²) in [4.78, 5) is 50.7. The SMILES string of the molecule is Cc1nnc(C2CC(NC(=O)c3cn(-c4ccc5c(c4)CN(C4CCC(=O)NC4=O)C5=O)nn3)C2)o1. The lowest BCUT2D eigenvalue weighted by molar-refractivity contribution is -0.136. The number of hydrogen-bond acceptors (Lipinski definition) is 9. The van der Waals surface area contributed by atoms with Gasteiger partial charge in [-0.25, -0.2) is 4.68 Å². The molecular formula is C23H22N8O5. The van der Waals surface area contributed by atoms with Crippen molar-refractivity contribution >= 4 is 23.6 Å².